The van der Waals surface area contributed by atoms with E-state index in [1.54, 1.807) is 53.5 Å². The standard InChI is InChI=1S/C28H22Cl4F3N3O2/c29-20-5-4-18(24(31)13-20)16-40-26(23-7-6-21(30)14-25(23)32)15-38-11-10-37(17-38)9-8-27(39)36-22-3-1-2-19(12-22)28(33,34)35/h1-7,10-14,17,26H,8-9,15-16H2/p+1. The Morgan fingerprint density at radius 3 is 2.40 bits per heavy atom. The van der Waals surface area contributed by atoms with Crippen LogP contribution in [0.5, 0.6) is 0 Å². The number of anilines is 1. The van der Waals surface area contributed by atoms with Crippen LogP contribution in [0.2, 0.25) is 20.1 Å². The summed E-state index contributed by atoms with van der Waals surface area (Å²) in [5, 5.41) is 4.46. The van der Waals surface area contributed by atoms with Crippen LogP contribution in [0.1, 0.15) is 29.2 Å². The van der Waals surface area contributed by atoms with Gasteiger partial charge in [-0.1, -0.05) is 64.6 Å². The highest BCUT2D eigenvalue weighted by molar-refractivity contribution is 6.35. The molecule has 1 atom stereocenters. The third-order valence-corrected chi connectivity index (χ3v) is 7.11. The number of imidazole rings is 1. The van der Waals surface area contributed by atoms with Gasteiger partial charge in [0.1, 0.15) is 25.0 Å². The van der Waals surface area contributed by atoms with Crippen molar-refractivity contribution < 1.29 is 27.3 Å². The SMILES string of the molecule is O=C(CCn1cc[n+](CC(OCc2ccc(Cl)cc2Cl)c2ccc(Cl)cc2Cl)c1)Nc1cccc(C(F)(F)F)c1. The van der Waals surface area contributed by atoms with Crippen molar-refractivity contribution in [2.75, 3.05) is 5.32 Å². The van der Waals surface area contributed by atoms with Crippen LogP contribution in [0, 0.1) is 0 Å². The minimum atomic E-state index is -4.49. The van der Waals surface area contributed by atoms with Gasteiger partial charge in [0.05, 0.1) is 25.1 Å². The largest absolute Gasteiger partial charge is 0.416 e. The number of alkyl halides is 3. The molecule has 4 aromatic rings. The maximum Gasteiger partial charge on any atom is 0.416 e. The molecule has 1 heterocycles. The predicted octanol–water partition coefficient (Wildman–Crippen LogP) is 8.39. The van der Waals surface area contributed by atoms with Crippen molar-refractivity contribution >= 4 is 58.0 Å². The molecule has 0 spiro atoms. The van der Waals surface area contributed by atoms with Crippen LogP contribution in [0.25, 0.3) is 0 Å². The molecular weight excluding hydrogens is 609 g/mol. The lowest BCUT2D eigenvalue weighted by Gasteiger charge is -2.19. The number of carbonyl (C=O) groups excluding carboxylic acids is 1. The van der Waals surface area contributed by atoms with Crippen LogP contribution in [-0.4, -0.2) is 10.5 Å². The molecule has 1 unspecified atom stereocenters. The lowest BCUT2D eigenvalue weighted by atomic mass is 10.1. The molecule has 0 saturated carbocycles. The van der Waals surface area contributed by atoms with Gasteiger partial charge in [0.2, 0.25) is 12.2 Å². The summed E-state index contributed by atoms with van der Waals surface area (Å²) in [6.45, 7) is 0.901. The number of amides is 1. The first-order chi connectivity index (χ1) is 19.0. The molecule has 0 bridgehead atoms. The molecule has 3 aromatic carbocycles. The summed E-state index contributed by atoms with van der Waals surface area (Å²) >= 11 is 24.9. The summed E-state index contributed by atoms with van der Waals surface area (Å²) in [5.74, 6) is -0.409. The number of aryl methyl sites for hydroxylation is 1. The molecule has 1 amide bonds. The van der Waals surface area contributed by atoms with Crippen LogP contribution in [0.4, 0.5) is 18.9 Å². The second-order valence-electron chi connectivity index (χ2n) is 8.93. The molecule has 5 nitrogen and oxygen atoms in total. The molecule has 0 aliphatic rings. The molecule has 210 valence electrons. The van der Waals surface area contributed by atoms with Crippen molar-refractivity contribution in [3.8, 4) is 0 Å². The quantitative estimate of drug-likeness (QED) is 0.179. The van der Waals surface area contributed by atoms with Crippen LogP contribution < -0.4 is 9.88 Å². The third kappa shape index (κ3) is 8.38. The fourth-order valence-corrected chi connectivity index (χ4v) is 4.92. The summed E-state index contributed by atoms with van der Waals surface area (Å²) in [7, 11) is 0. The number of nitrogens with one attached hydrogen (secondary N) is 1. The van der Waals surface area contributed by atoms with Gasteiger partial charge in [-0.2, -0.15) is 13.2 Å². The molecule has 0 radical (unpaired) electrons. The number of aromatic nitrogens is 2. The van der Waals surface area contributed by atoms with Gasteiger partial charge < -0.3 is 10.1 Å². The maximum atomic E-state index is 12.9. The Hall–Kier alpha value is -2.75. The summed E-state index contributed by atoms with van der Waals surface area (Å²) in [6, 6.07) is 14.9. The van der Waals surface area contributed by atoms with Gasteiger partial charge in [-0.05, 0) is 48.0 Å². The van der Waals surface area contributed by atoms with Crippen molar-refractivity contribution in [1.82, 2.24) is 4.57 Å². The zero-order valence-corrected chi connectivity index (χ0v) is 23.8. The highest BCUT2D eigenvalue weighted by Crippen LogP contribution is 2.32. The average molecular weight is 632 g/mol. The van der Waals surface area contributed by atoms with E-state index in [9.17, 15) is 18.0 Å². The Morgan fingerprint density at radius 2 is 1.70 bits per heavy atom. The number of benzene rings is 3. The molecule has 0 fully saturated rings. The number of ether oxygens (including phenoxy) is 1. The summed E-state index contributed by atoms with van der Waals surface area (Å²) in [5.41, 5.74) is 0.753. The van der Waals surface area contributed by atoms with E-state index in [0.29, 0.717) is 33.2 Å². The highest BCUT2D eigenvalue weighted by atomic mass is 35.5. The monoisotopic (exact) mass is 630 g/mol. The van der Waals surface area contributed by atoms with E-state index in [2.05, 4.69) is 5.32 Å². The number of nitrogens with zero attached hydrogens (tertiary/aromatic N) is 2. The van der Waals surface area contributed by atoms with E-state index < -0.39 is 23.8 Å². The third-order valence-electron chi connectivity index (χ3n) is 5.96. The van der Waals surface area contributed by atoms with E-state index in [0.717, 1.165) is 23.3 Å². The van der Waals surface area contributed by atoms with Crippen molar-refractivity contribution in [3.05, 3.63) is 116 Å². The molecule has 1 aromatic heterocycles. The first kappa shape index (κ1) is 30.2. The normalized spacial score (nSPS) is 12.4. The molecule has 0 aliphatic carbocycles. The van der Waals surface area contributed by atoms with Gasteiger partial charge in [-0.15, -0.1) is 0 Å². The molecule has 0 saturated heterocycles. The Balaban J connectivity index is 1.41. The van der Waals surface area contributed by atoms with E-state index in [4.69, 9.17) is 51.1 Å². The van der Waals surface area contributed by atoms with E-state index in [1.165, 1.54) is 12.1 Å². The first-order valence-electron chi connectivity index (χ1n) is 12.0. The second-order valence-corrected chi connectivity index (χ2v) is 10.6. The van der Waals surface area contributed by atoms with Crippen molar-refractivity contribution in [2.24, 2.45) is 0 Å². The summed E-state index contributed by atoms with van der Waals surface area (Å²) < 4.78 is 48.7. The topological polar surface area (TPSA) is 47.1 Å². The van der Waals surface area contributed by atoms with Crippen LogP contribution in [-0.2, 0) is 35.4 Å². The van der Waals surface area contributed by atoms with Crippen molar-refractivity contribution in [2.45, 2.75) is 38.4 Å². The zero-order valence-electron chi connectivity index (χ0n) is 20.8. The van der Waals surface area contributed by atoms with E-state index in [1.807, 2.05) is 10.8 Å². The lowest BCUT2D eigenvalue weighted by molar-refractivity contribution is -0.704. The fraction of sp³-hybridized carbons (Fsp3) is 0.214. The Kier molecular flexibility index (Phi) is 10.0. The molecule has 40 heavy (non-hydrogen) atoms. The molecular formula is C28H23Cl4F3N3O2+. The van der Waals surface area contributed by atoms with Crippen LogP contribution in [0.15, 0.2) is 79.4 Å². The number of hydrogen-bond acceptors (Lipinski definition) is 2. The van der Waals surface area contributed by atoms with Gasteiger partial charge >= 0.3 is 6.18 Å². The maximum absolute atomic E-state index is 12.9. The molecule has 12 heteroatoms. The van der Waals surface area contributed by atoms with Gasteiger partial charge in [0.15, 0.2) is 0 Å². The number of halogens is 7. The first-order valence-corrected chi connectivity index (χ1v) is 13.5. The van der Waals surface area contributed by atoms with Crippen LogP contribution >= 0.6 is 46.4 Å². The van der Waals surface area contributed by atoms with Gasteiger partial charge in [-0.3, -0.25) is 4.79 Å². The minimum absolute atomic E-state index is 0.0585. The Morgan fingerprint density at radius 1 is 0.975 bits per heavy atom. The number of rotatable bonds is 10. The Labute approximate surface area is 249 Å². The smallest absolute Gasteiger partial charge is 0.365 e. The Bertz CT molecular complexity index is 1490. The fourth-order valence-electron chi connectivity index (χ4n) is 3.93. The number of hydrogen-bond donors (Lipinski definition) is 1. The van der Waals surface area contributed by atoms with E-state index >= 15 is 0 Å². The minimum Gasteiger partial charge on any atom is -0.365 e. The number of carbonyl (C=O) groups is 1. The lowest BCUT2D eigenvalue weighted by Crippen LogP contribution is -2.35. The molecule has 4 rings (SSSR count). The predicted molar refractivity (Wildman–Crippen MR) is 150 cm³/mol. The molecule has 0 aliphatic heterocycles. The van der Waals surface area contributed by atoms with Crippen molar-refractivity contribution in [1.29, 1.82) is 0 Å². The molecule has 1 N–H and O–H groups in total. The second kappa shape index (κ2) is 13.3. The van der Waals surface area contributed by atoms with Gasteiger partial charge in [0, 0.05) is 31.3 Å². The van der Waals surface area contributed by atoms with Gasteiger partial charge in [0.25, 0.3) is 0 Å². The zero-order chi connectivity index (χ0) is 28.9. The highest BCUT2D eigenvalue weighted by Gasteiger charge is 2.30. The van der Waals surface area contributed by atoms with E-state index in [-0.39, 0.29) is 18.7 Å². The summed E-state index contributed by atoms with van der Waals surface area (Å²) in [6.07, 6.45) is 0.504. The van der Waals surface area contributed by atoms with Gasteiger partial charge in [-0.25, -0.2) is 9.13 Å². The van der Waals surface area contributed by atoms with Crippen molar-refractivity contribution in [3.63, 3.8) is 0 Å². The average Bonchev–Trinajstić information content (AvgIpc) is 3.33. The van der Waals surface area contributed by atoms with Crippen LogP contribution in [0.3, 0.4) is 0 Å². The summed E-state index contributed by atoms with van der Waals surface area (Å²) in [4.78, 5) is 12.4.